The van der Waals surface area contributed by atoms with Crippen LogP contribution in [-0.2, 0) is 6.54 Å². The molecule has 1 unspecified atom stereocenters. The van der Waals surface area contributed by atoms with E-state index >= 15 is 0 Å². The molecule has 0 saturated carbocycles. The van der Waals surface area contributed by atoms with Gasteiger partial charge in [0.25, 0.3) is 0 Å². The Labute approximate surface area is 112 Å². The largest absolute Gasteiger partial charge is 0.307 e. The topological polar surface area (TPSA) is 42.7 Å². The number of hydrogen-bond donors (Lipinski definition) is 1. The van der Waals surface area contributed by atoms with Gasteiger partial charge in [0.15, 0.2) is 0 Å². The highest BCUT2D eigenvalue weighted by molar-refractivity contribution is 7.11. The highest BCUT2D eigenvalue weighted by Crippen LogP contribution is 2.27. The van der Waals surface area contributed by atoms with Crippen LogP contribution < -0.4 is 5.32 Å². The molecule has 2 heterocycles. The summed E-state index contributed by atoms with van der Waals surface area (Å²) >= 11 is 1.75. The Bertz CT molecular complexity index is 495. The van der Waals surface area contributed by atoms with E-state index < -0.39 is 0 Å². The summed E-state index contributed by atoms with van der Waals surface area (Å²) in [5.74, 6) is 0. The third-order valence-corrected chi connectivity index (χ3v) is 4.16. The first kappa shape index (κ1) is 13.2. The van der Waals surface area contributed by atoms with Crippen molar-refractivity contribution in [1.82, 2.24) is 20.1 Å². The van der Waals surface area contributed by atoms with Gasteiger partial charge in [-0.1, -0.05) is 6.92 Å². The maximum absolute atomic E-state index is 4.63. The van der Waals surface area contributed by atoms with E-state index in [-0.39, 0.29) is 6.04 Å². The summed E-state index contributed by atoms with van der Waals surface area (Å²) in [4.78, 5) is 5.92. The molecule has 1 atom stereocenters. The van der Waals surface area contributed by atoms with Crippen molar-refractivity contribution in [3.63, 3.8) is 0 Å². The van der Waals surface area contributed by atoms with Crippen molar-refractivity contribution >= 4 is 11.3 Å². The molecule has 98 valence electrons. The lowest BCUT2D eigenvalue weighted by molar-refractivity contribution is 0.600. The zero-order valence-corrected chi connectivity index (χ0v) is 12.2. The summed E-state index contributed by atoms with van der Waals surface area (Å²) in [5.41, 5.74) is 2.30. The van der Waals surface area contributed by atoms with Gasteiger partial charge in [-0.3, -0.25) is 4.68 Å². The van der Waals surface area contributed by atoms with Crippen LogP contribution in [-0.4, -0.2) is 21.8 Å². The van der Waals surface area contributed by atoms with Crippen molar-refractivity contribution in [2.45, 2.75) is 39.8 Å². The van der Waals surface area contributed by atoms with E-state index in [1.165, 1.54) is 10.4 Å². The molecule has 4 nitrogen and oxygen atoms in total. The Hall–Kier alpha value is -1.20. The van der Waals surface area contributed by atoms with Crippen LogP contribution in [0.25, 0.3) is 0 Å². The van der Waals surface area contributed by atoms with Gasteiger partial charge in [0, 0.05) is 23.2 Å². The summed E-state index contributed by atoms with van der Waals surface area (Å²) in [6.07, 6.45) is 5.14. The zero-order chi connectivity index (χ0) is 13.1. The molecule has 0 radical (unpaired) electrons. The van der Waals surface area contributed by atoms with Gasteiger partial charge >= 0.3 is 0 Å². The normalized spacial score (nSPS) is 12.9. The van der Waals surface area contributed by atoms with Gasteiger partial charge in [-0.15, -0.1) is 11.3 Å². The summed E-state index contributed by atoms with van der Waals surface area (Å²) < 4.78 is 1.99. The maximum Gasteiger partial charge on any atom is 0.115 e. The van der Waals surface area contributed by atoms with Crippen LogP contribution in [0.15, 0.2) is 12.4 Å². The Kier molecular flexibility index (Phi) is 4.14. The number of aromatic nitrogens is 3. The van der Waals surface area contributed by atoms with Crippen LogP contribution >= 0.6 is 11.3 Å². The first-order chi connectivity index (χ1) is 8.65. The number of aryl methyl sites for hydroxylation is 3. The highest BCUT2D eigenvalue weighted by atomic mass is 32.1. The molecule has 0 aliphatic rings. The molecule has 0 fully saturated rings. The molecule has 5 heteroatoms. The lowest BCUT2D eigenvalue weighted by atomic mass is 10.2. The second kappa shape index (κ2) is 5.63. The summed E-state index contributed by atoms with van der Waals surface area (Å²) in [7, 11) is 1.97. The number of hydrogen-bond acceptors (Lipinski definition) is 4. The van der Waals surface area contributed by atoms with Crippen LogP contribution in [0.3, 0.4) is 0 Å². The molecule has 18 heavy (non-hydrogen) atoms. The lowest BCUT2D eigenvalue weighted by Crippen LogP contribution is -2.17. The second-order valence-electron chi connectivity index (χ2n) is 4.45. The molecule has 2 aromatic rings. The van der Waals surface area contributed by atoms with E-state index in [9.17, 15) is 0 Å². The van der Waals surface area contributed by atoms with Crippen molar-refractivity contribution in [2.24, 2.45) is 0 Å². The average molecular weight is 264 g/mol. The van der Waals surface area contributed by atoms with Crippen LogP contribution in [0.4, 0.5) is 0 Å². The summed E-state index contributed by atoms with van der Waals surface area (Å²) in [5, 5.41) is 8.82. The Morgan fingerprint density at radius 3 is 2.78 bits per heavy atom. The average Bonchev–Trinajstić information content (AvgIpc) is 2.90. The van der Waals surface area contributed by atoms with E-state index in [1.807, 2.05) is 17.9 Å². The van der Waals surface area contributed by atoms with Crippen LogP contribution in [0.5, 0.6) is 0 Å². The minimum Gasteiger partial charge on any atom is -0.307 e. The Morgan fingerprint density at radius 2 is 2.22 bits per heavy atom. The fourth-order valence-corrected chi connectivity index (χ4v) is 3.00. The third kappa shape index (κ3) is 2.62. The molecule has 0 aromatic carbocycles. The van der Waals surface area contributed by atoms with Gasteiger partial charge in [0.1, 0.15) is 5.01 Å². The van der Waals surface area contributed by atoms with Gasteiger partial charge in [-0.25, -0.2) is 4.98 Å². The monoisotopic (exact) mass is 264 g/mol. The molecule has 2 rings (SSSR count). The smallest absolute Gasteiger partial charge is 0.115 e. The predicted molar refractivity (Wildman–Crippen MR) is 75.0 cm³/mol. The molecule has 2 aromatic heterocycles. The van der Waals surface area contributed by atoms with E-state index in [0.717, 1.165) is 23.7 Å². The lowest BCUT2D eigenvalue weighted by Gasteiger charge is -2.10. The molecular formula is C13H20N4S. The molecule has 0 spiro atoms. The third-order valence-electron chi connectivity index (χ3n) is 3.02. The second-order valence-corrected chi connectivity index (χ2v) is 5.69. The Balaban J connectivity index is 2.26. The first-order valence-electron chi connectivity index (χ1n) is 6.29. The molecule has 0 aliphatic heterocycles. The van der Waals surface area contributed by atoms with Crippen molar-refractivity contribution < 1.29 is 0 Å². The van der Waals surface area contributed by atoms with Gasteiger partial charge in [-0.05, 0) is 27.3 Å². The fourth-order valence-electron chi connectivity index (χ4n) is 1.93. The number of nitrogens with zero attached hydrogens (tertiary/aromatic N) is 3. The van der Waals surface area contributed by atoms with E-state index in [4.69, 9.17) is 0 Å². The Morgan fingerprint density at radius 1 is 1.44 bits per heavy atom. The standard InChI is InChI=1S/C13H20N4S/c1-5-6-17-8-11(7-15-17)12(14-4)13-16-9(2)10(3)18-13/h7-8,12,14H,5-6H2,1-4H3. The number of thiazole rings is 1. The van der Waals surface area contributed by atoms with E-state index in [0.29, 0.717) is 0 Å². The summed E-state index contributed by atoms with van der Waals surface area (Å²) in [6.45, 7) is 7.29. The van der Waals surface area contributed by atoms with Gasteiger partial charge in [0.2, 0.25) is 0 Å². The van der Waals surface area contributed by atoms with Gasteiger partial charge in [-0.2, -0.15) is 5.10 Å². The van der Waals surface area contributed by atoms with Crippen molar-refractivity contribution in [3.05, 3.63) is 33.5 Å². The van der Waals surface area contributed by atoms with Crippen LogP contribution in [0, 0.1) is 13.8 Å². The van der Waals surface area contributed by atoms with Gasteiger partial charge in [0.05, 0.1) is 17.9 Å². The number of nitrogens with one attached hydrogen (secondary N) is 1. The number of rotatable bonds is 5. The quantitative estimate of drug-likeness (QED) is 0.903. The minimum atomic E-state index is 0.146. The first-order valence-corrected chi connectivity index (χ1v) is 7.11. The van der Waals surface area contributed by atoms with E-state index in [1.54, 1.807) is 11.3 Å². The SMILES string of the molecule is CCCn1cc(C(NC)c2nc(C)c(C)s2)cn1. The van der Waals surface area contributed by atoms with Crippen molar-refractivity contribution in [1.29, 1.82) is 0 Å². The molecule has 0 saturated heterocycles. The fraction of sp³-hybridized carbons (Fsp3) is 0.538. The van der Waals surface area contributed by atoms with E-state index in [2.05, 4.69) is 42.4 Å². The van der Waals surface area contributed by atoms with Crippen LogP contribution in [0.2, 0.25) is 0 Å². The maximum atomic E-state index is 4.63. The van der Waals surface area contributed by atoms with Crippen molar-refractivity contribution in [2.75, 3.05) is 7.05 Å². The van der Waals surface area contributed by atoms with Crippen LogP contribution in [0.1, 0.15) is 40.5 Å². The highest BCUT2D eigenvalue weighted by Gasteiger charge is 2.18. The predicted octanol–water partition coefficient (Wildman–Crippen LogP) is 2.68. The minimum absolute atomic E-state index is 0.146. The molecule has 1 N–H and O–H groups in total. The zero-order valence-electron chi connectivity index (χ0n) is 11.4. The summed E-state index contributed by atoms with van der Waals surface area (Å²) in [6, 6.07) is 0.146. The molecule has 0 bridgehead atoms. The molecule has 0 aliphatic carbocycles. The molecular weight excluding hydrogens is 244 g/mol. The van der Waals surface area contributed by atoms with Crippen molar-refractivity contribution in [3.8, 4) is 0 Å². The molecule has 0 amide bonds. The van der Waals surface area contributed by atoms with Gasteiger partial charge < -0.3 is 5.32 Å².